The highest BCUT2D eigenvalue weighted by Crippen LogP contribution is 2.38. The van der Waals surface area contributed by atoms with Crippen LogP contribution in [-0.4, -0.2) is 36.2 Å². The molecule has 1 atom stereocenters. The number of esters is 1. The number of amides is 1. The maximum atomic E-state index is 12.1. The predicted octanol–water partition coefficient (Wildman–Crippen LogP) is 2.63. The monoisotopic (exact) mass is 412 g/mol. The van der Waals surface area contributed by atoms with E-state index in [1.807, 2.05) is 30.3 Å². The molecule has 0 fully saturated rings. The van der Waals surface area contributed by atoms with Crippen molar-refractivity contribution in [2.45, 2.75) is 19.4 Å². The van der Waals surface area contributed by atoms with Gasteiger partial charge in [0.2, 0.25) is 6.79 Å². The van der Waals surface area contributed by atoms with Gasteiger partial charge in [0.25, 0.3) is 11.6 Å². The molecular weight excluding hydrogens is 392 g/mol. The number of nitro groups is 1. The zero-order valence-corrected chi connectivity index (χ0v) is 16.2. The molecule has 0 saturated carbocycles. The van der Waals surface area contributed by atoms with Gasteiger partial charge in [-0.2, -0.15) is 0 Å². The molecule has 1 aliphatic heterocycles. The molecule has 2 aromatic carbocycles. The van der Waals surface area contributed by atoms with Crippen molar-refractivity contribution in [3.05, 3.63) is 69.8 Å². The van der Waals surface area contributed by atoms with Gasteiger partial charge in [-0.25, -0.2) is 4.79 Å². The third-order valence-electron chi connectivity index (χ3n) is 4.34. The minimum Gasteiger partial charge on any atom is -0.454 e. The highest BCUT2D eigenvalue weighted by atomic mass is 16.7. The average molecular weight is 412 g/mol. The smallest absolute Gasteiger partial charge is 0.331 e. The van der Waals surface area contributed by atoms with Gasteiger partial charge in [0.1, 0.15) is 0 Å². The number of nitrogens with one attached hydrogen (secondary N) is 1. The van der Waals surface area contributed by atoms with Gasteiger partial charge in [-0.1, -0.05) is 30.3 Å². The fourth-order valence-electron chi connectivity index (χ4n) is 2.78. The van der Waals surface area contributed by atoms with Crippen LogP contribution in [0.1, 0.15) is 18.1 Å². The lowest BCUT2D eigenvalue weighted by molar-refractivity contribution is -0.385. The number of ether oxygens (including phenoxy) is 3. The summed E-state index contributed by atoms with van der Waals surface area (Å²) in [7, 11) is 0. The minimum atomic E-state index is -1.01. The zero-order valence-electron chi connectivity index (χ0n) is 16.2. The van der Waals surface area contributed by atoms with Crippen LogP contribution in [0, 0.1) is 10.1 Å². The van der Waals surface area contributed by atoms with Gasteiger partial charge in [-0.15, -0.1) is 0 Å². The van der Waals surface area contributed by atoms with Gasteiger partial charge >= 0.3 is 5.97 Å². The van der Waals surface area contributed by atoms with E-state index in [-0.39, 0.29) is 23.8 Å². The Kier molecular flexibility index (Phi) is 6.63. The Morgan fingerprint density at radius 3 is 2.63 bits per heavy atom. The van der Waals surface area contributed by atoms with E-state index in [9.17, 15) is 19.7 Å². The first kappa shape index (κ1) is 20.8. The highest BCUT2D eigenvalue weighted by molar-refractivity contribution is 5.91. The summed E-state index contributed by atoms with van der Waals surface area (Å²) in [5.41, 5.74) is 0.992. The normalized spacial score (nSPS) is 13.1. The molecule has 0 saturated heterocycles. The number of nitrogens with zero attached hydrogens (tertiary/aromatic N) is 1. The van der Waals surface area contributed by atoms with E-state index < -0.39 is 22.9 Å². The lowest BCUT2D eigenvalue weighted by Gasteiger charge is -2.12. The van der Waals surface area contributed by atoms with Gasteiger partial charge < -0.3 is 19.5 Å². The maximum absolute atomic E-state index is 12.1. The van der Waals surface area contributed by atoms with Gasteiger partial charge in [0, 0.05) is 12.6 Å². The lowest BCUT2D eigenvalue weighted by atomic mass is 10.1. The SMILES string of the molecule is C[C@@H](OC(=O)/C=C/c1cc2c(cc1[N+](=O)[O-])OCO2)C(=O)NCCc1ccccc1. The molecule has 3 rings (SSSR count). The average Bonchev–Trinajstić information content (AvgIpc) is 3.19. The van der Waals surface area contributed by atoms with Crippen LogP contribution in [-0.2, 0) is 20.7 Å². The third kappa shape index (κ3) is 5.34. The number of hydrogen-bond acceptors (Lipinski definition) is 7. The molecule has 9 heteroatoms. The summed E-state index contributed by atoms with van der Waals surface area (Å²) in [6, 6.07) is 12.3. The first-order valence-corrected chi connectivity index (χ1v) is 9.22. The van der Waals surface area contributed by atoms with Crippen LogP contribution < -0.4 is 14.8 Å². The number of hydrogen-bond donors (Lipinski definition) is 1. The van der Waals surface area contributed by atoms with Crippen molar-refractivity contribution >= 4 is 23.6 Å². The summed E-state index contributed by atoms with van der Waals surface area (Å²) in [6.07, 6.45) is 1.91. The number of benzene rings is 2. The van der Waals surface area contributed by atoms with Gasteiger partial charge in [0.15, 0.2) is 17.6 Å². The van der Waals surface area contributed by atoms with E-state index >= 15 is 0 Å². The Hall–Kier alpha value is -3.88. The van der Waals surface area contributed by atoms with E-state index in [2.05, 4.69) is 5.32 Å². The molecule has 156 valence electrons. The van der Waals surface area contributed by atoms with Crippen molar-refractivity contribution in [1.82, 2.24) is 5.32 Å². The Balaban J connectivity index is 1.54. The summed E-state index contributed by atoms with van der Waals surface area (Å²) >= 11 is 0. The largest absolute Gasteiger partial charge is 0.454 e. The first-order chi connectivity index (χ1) is 14.4. The minimum absolute atomic E-state index is 0.0292. The molecule has 1 N–H and O–H groups in total. The second-order valence-electron chi connectivity index (χ2n) is 6.46. The Bertz CT molecular complexity index is 973. The topological polar surface area (TPSA) is 117 Å². The fourth-order valence-corrected chi connectivity index (χ4v) is 2.78. The molecule has 1 amide bonds. The van der Waals surface area contributed by atoms with Crippen LogP contribution in [0.5, 0.6) is 11.5 Å². The van der Waals surface area contributed by atoms with Gasteiger partial charge in [0.05, 0.1) is 16.6 Å². The second kappa shape index (κ2) is 9.55. The number of carbonyl (C=O) groups is 2. The van der Waals surface area contributed by atoms with Crippen LogP contribution in [0.2, 0.25) is 0 Å². The molecule has 0 radical (unpaired) electrons. The second-order valence-corrected chi connectivity index (χ2v) is 6.46. The van der Waals surface area contributed by atoms with Crippen LogP contribution in [0.15, 0.2) is 48.5 Å². The van der Waals surface area contributed by atoms with Crippen molar-refractivity contribution in [2.75, 3.05) is 13.3 Å². The van der Waals surface area contributed by atoms with Crippen molar-refractivity contribution in [1.29, 1.82) is 0 Å². The molecule has 0 aromatic heterocycles. The van der Waals surface area contributed by atoms with E-state index in [4.69, 9.17) is 14.2 Å². The molecule has 9 nitrogen and oxygen atoms in total. The number of nitro benzene ring substituents is 1. The predicted molar refractivity (Wildman–Crippen MR) is 107 cm³/mol. The molecule has 1 aliphatic rings. The third-order valence-corrected chi connectivity index (χ3v) is 4.34. The van der Waals surface area contributed by atoms with E-state index in [0.717, 1.165) is 11.6 Å². The number of rotatable bonds is 8. The van der Waals surface area contributed by atoms with Crippen molar-refractivity contribution in [3.8, 4) is 11.5 Å². The Morgan fingerprint density at radius 2 is 1.93 bits per heavy atom. The summed E-state index contributed by atoms with van der Waals surface area (Å²) in [6.45, 7) is 1.83. The standard InChI is InChI=1S/C21H20N2O7/c1-14(21(25)22-10-9-15-5-3-2-4-6-15)30-20(24)8-7-16-11-18-19(29-13-28-18)12-17(16)23(26)27/h2-8,11-12,14H,9-10,13H2,1H3,(H,22,25)/b8-7+/t14-/m1/s1. The van der Waals surface area contributed by atoms with Gasteiger partial charge in [-0.3, -0.25) is 14.9 Å². The van der Waals surface area contributed by atoms with Crippen LogP contribution >= 0.6 is 0 Å². The molecule has 0 spiro atoms. The van der Waals surface area contributed by atoms with Crippen molar-refractivity contribution in [3.63, 3.8) is 0 Å². The number of carbonyl (C=O) groups excluding carboxylic acids is 2. The summed E-state index contributed by atoms with van der Waals surface area (Å²) in [5, 5.41) is 13.9. The molecular formula is C21H20N2O7. The zero-order chi connectivity index (χ0) is 21.5. The Labute approximate surface area is 172 Å². The van der Waals surface area contributed by atoms with E-state index in [1.54, 1.807) is 0 Å². The molecule has 2 aromatic rings. The quantitative estimate of drug-likeness (QED) is 0.306. The van der Waals surface area contributed by atoms with Crippen molar-refractivity contribution in [2.24, 2.45) is 0 Å². The summed E-state index contributed by atoms with van der Waals surface area (Å²) < 4.78 is 15.4. The van der Waals surface area contributed by atoms with Crippen LogP contribution in [0.3, 0.4) is 0 Å². The molecule has 30 heavy (non-hydrogen) atoms. The molecule has 0 unspecified atom stereocenters. The fraction of sp³-hybridized carbons (Fsp3) is 0.238. The first-order valence-electron chi connectivity index (χ1n) is 9.22. The number of fused-ring (bicyclic) bond motifs is 1. The summed E-state index contributed by atoms with van der Waals surface area (Å²) in [5.74, 6) is -0.614. The van der Waals surface area contributed by atoms with Crippen LogP contribution in [0.4, 0.5) is 5.69 Å². The molecule has 0 bridgehead atoms. The molecule has 1 heterocycles. The van der Waals surface area contributed by atoms with Crippen LogP contribution in [0.25, 0.3) is 6.08 Å². The molecule has 0 aliphatic carbocycles. The van der Waals surface area contributed by atoms with Gasteiger partial charge in [-0.05, 0) is 31.1 Å². The Morgan fingerprint density at radius 1 is 1.23 bits per heavy atom. The van der Waals surface area contributed by atoms with Crippen molar-refractivity contribution < 1.29 is 28.7 Å². The summed E-state index contributed by atoms with van der Waals surface area (Å²) in [4.78, 5) is 34.8. The maximum Gasteiger partial charge on any atom is 0.331 e. The van der Waals surface area contributed by atoms with E-state index in [0.29, 0.717) is 18.7 Å². The van der Waals surface area contributed by atoms with E-state index in [1.165, 1.54) is 25.1 Å². The lowest BCUT2D eigenvalue weighted by Crippen LogP contribution is -2.36. The highest BCUT2D eigenvalue weighted by Gasteiger charge is 2.22.